The molecule has 3 aromatic carbocycles. The first-order valence-corrected chi connectivity index (χ1v) is 11.1. The number of ether oxygens (including phenoxy) is 2. The predicted molar refractivity (Wildman–Crippen MR) is 124 cm³/mol. The number of methoxy groups -OCH3 is 2. The van der Waals surface area contributed by atoms with Crippen molar-refractivity contribution in [3.8, 4) is 28.6 Å². The van der Waals surface area contributed by atoms with Crippen LogP contribution in [0.25, 0.3) is 17.1 Å². The van der Waals surface area contributed by atoms with Gasteiger partial charge in [0.2, 0.25) is 0 Å². The predicted octanol–water partition coefficient (Wildman–Crippen LogP) is 6.01. The second kappa shape index (κ2) is 9.36. The van der Waals surface area contributed by atoms with E-state index in [1.54, 1.807) is 26.0 Å². The number of hydrogen-bond donors (Lipinski definition) is 0. The molecule has 0 aliphatic carbocycles. The zero-order valence-corrected chi connectivity index (χ0v) is 19.0. The van der Waals surface area contributed by atoms with Gasteiger partial charge in [0.25, 0.3) is 0 Å². The van der Waals surface area contributed by atoms with Gasteiger partial charge in [-0.05, 0) is 54.1 Å². The van der Waals surface area contributed by atoms with Crippen LogP contribution in [-0.2, 0) is 5.75 Å². The average molecular weight is 482 g/mol. The van der Waals surface area contributed by atoms with E-state index in [0.717, 1.165) is 44.0 Å². The molecular weight excluding hydrogens is 462 g/mol. The van der Waals surface area contributed by atoms with Gasteiger partial charge >= 0.3 is 0 Å². The third-order valence-electron chi connectivity index (χ3n) is 4.55. The molecule has 0 radical (unpaired) electrons. The summed E-state index contributed by atoms with van der Waals surface area (Å²) in [5, 5.41) is 9.82. The molecule has 0 atom stereocenters. The van der Waals surface area contributed by atoms with E-state index in [4.69, 9.17) is 9.47 Å². The average Bonchev–Trinajstić information content (AvgIpc) is 3.22. The quantitative estimate of drug-likeness (QED) is 0.302. The molecule has 1 aromatic heterocycles. The first-order valence-electron chi connectivity index (χ1n) is 9.29. The van der Waals surface area contributed by atoms with E-state index in [1.807, 2.05) is 60.7 Å². The second-order valence-electron chi connectivity index (χ2n) is 6.49. The van der Waals surface area contributed by atoms with Crippen molar-refractivity contribution in [2.75, 3.05) is 14.2 Å². The van der Waals surface area contributed by atoms with E-state index >= 15 is 0 Å². The minimum Gasteiger partial charge on any atom is -0.497 e. The van der Waals surface area contributed by atoms with Crippen LogP contribution < -0.4 is 9.47 Å². The Morgan fingerprint density at radius 3 is 2.37 bits per heavy atom. The van der Waals surface area contributed by atoms with Crippen LogP contribution in [0.3, 0.4) is 0 Å². The molecule has 30 heavy (non-hydrogen) atoms. The fourth-order valence-corrected chi connectivity index (χ4v) is 4.39. The van der Waals surface area contributed by atoms with Crippen LogP contribution in [0.15, 0.2) is 82.4 Å². The Hall–Kier alpha value is -2.77. The highest BCUT2D eigenvalue weighted by Crippen LogP contribution is 2.32. The Labute approximate surface area is 188 Å². The Bertz CT molecular complexity index is 1150. The smallest absolute Gasteiger partial charge is 0.196 e. The number of halogens is 1. The third-order valence-corrected chi connectivity index (χ3v) is 6.04. The maximum absolute atomic E-state index is 5.39. The minimum absolute atomic E-state index is 0.760. The Morgan fingerprint density at radius 1 is 0.867 bits per heavy atom. The molecule has 152 valence electrons. The molecule has 4 rings (SSSR count). The number of rotatable bonds is 7. The van der Waals surface area contributed by atoms with Gasteiger partial charge in [-0.2, -0.15) is 0 Å². The van der Waals surface area contributed by atoms with Gasteiger partial charge in [0.15, 0.2) is 11.0 Å². The summed E-state index contributed by atoms with van der Waals surface area (Å²) in [5.74, 6) is 3.13. The summed E-state index contributed by atoms with van der Waals surface area (Å²) >= 11 is 5.18. The van der Waals surface area contributed by atoms with Crippen molar-refractivity contribution >= 4 is 27.7 Å². The van der Waals surface area contributed by atoms with Gasteiger partial charge in [0.05, 0.1) is 14.2 Å². The van der Waals surface area contributed by atoms with Gasteiger partial charge in [0.1, 0.15) is 11.5 Å². The number of hydrogen-bond acceptors (Lipinski definition) is 5. The van der Waals surface area contributed by atoms with E-state index in [1.165, 1.54) is 5.56 Å². The van der Waals surface area contributed by atoms with Crippen molar-refractivity contribution in [2.45, 2.75) is 10.9 Å². The van der Waals surface area contributed by atoms with Crippen molar-refractivity contribution in [1.29, 1.82) is 0 Å². The lowest BCUT2D eigenvalue weighted by Crippen LogP contribution is -2.00. The molecule has 0 aliphatic rings. The number of aromatic nitrogens is 3. The Kier molecular flexibility index (Phi) is 6.40. The van der Waals surface area contributed by atoms with Gasteiger partial charge in [-0.1, -0.05) is 52.0 Å². The van der Waals surface area contributed by atoms with Gasteiger partial charge in [-0.15, -0.1) is 10.2 Å². The molecule has 7 heteroatoms. The lowest BCUT2D eigenvalue weighted by atomic mass is 10.2. The molecule has 0 aliphatic heterocycles. The van der Waals surface area contributed by atoms with Crippen LogP contribution in [0.5, 0.6) is 11.5 Å². The molecule has 1 heterocycles. The van der Waals surface area contributed by atoms with Crippen LogP contribution in [0.1, 0.15) is 5.56 Å². The highest BCUT2D eigenvalue weighted by molar-refractivity contribution is 9.10. The summed E-state index contributed by atoms with van der Waals surface area (Å²) in [7, 11) is 3.32. The van der Waals surface area contributed by atoms with Crippen molar-refractivity contribution < 1.29 is 9.47 Å². The molecule has 0 bridgehead atoms. The fourth-order valence-electron chi connectivity index (χ4n) is 3.05. The largest absolute Gasteiger partial charge is 0.497 e. The molecule has 0 saturated heterocycles. The molecule has 0 amide bonds. The standard InChI is InChI=1S/C23H20BrN3O2S/c1-28-20-11-9-19(10-12-20)27-22(17-6-4-8-21(14-17)29-2)25-26-23(27)30-15-16-5-3-7-18(24)13-16/h3-14H,15H2,1-2H3. The monoisotopic (exact) mass is 481 g/mol. The second-order valence-corrected chi connectivity index (χ2v) is 8.35. The molecule has 5 nitrogen and oxygen atoms in total. The lowest BCUT2D eigenvalue weighted by Gasteiger charge is -2.12. The molecule has 0 saturated carbocycles. The minimum atomic E-state index is 0.760. The van der Waals surface area contributed by atoms with E-state index in [-0.39, 0.29) is 0 Å². The molecule has 0 fully saturated rings. The number of benzene rings is 3. The first-order chi connectivity index (χ1) is 14.7. The lowest BCUT2D eigenvalue weighted by molar-refractivity contribution is 0.414. The van der Waals surface area contributed by atoms with Gasteiger partial charge < -0.3 is 9.47 Å². The SMILES string of the molecule is COc1ccc(-n2c(SCc3cccc(Br)c3)nnc2-c2cccc(OC)c2)cc1. The van der Waals surface area contributed by atoms with E-state index in [2.05, 4.69) is 42.8 Å². The summed E-state index contributed by atoms with van der Waals surface area (Å²) in [5.41, 5.74) is 3.11. The molecular formula is C23H20BrN3O2S. The maximum Gasteiger partial charge on any atom is 0.196 e. The molecule has 0 N–H and O–H groups in total. The summed E-state index contributed by atoms with van der Waals surface area (Å²) in [6, 6.07) is 24.0. The third kappa shape index (κ3) is 4.52. The van der Waals surface area contributed by atoms with Gasteiger partial charge in [-0.25, -0.2) is 0 Å². The summed E-state index contributed by atoms with van der Waals surface area (Å²) in [6.45, 7) is 0. The van der Waals surface area contributed by atoms with Crippen molar-refractivity contribution in [2.24, 2.45) is 0 Å². The summed E-state index contributed by atoms with van der Waals surface area (Å²) < 4.78 is 13.8. The van der Waals surface area contributed by atoms with Gasteiger partial charge in [-0.3, -0.25) is 4.57 Å². The van der Waals surface area contributed by atoms with Crippen LogP contribution in [0, 0.1) is 0 Å². The summed E-state index contributed by atoms with van der Waals surface area (Å²) in [6.07, 6.45) is 0. The topological polar surface area (TPSA) is 49.2 Å². The Balaban J connectivity index is 1.74. The molecule has 4 aromatic rings. The van der Waals surface area contributed by atoms with E-state index < -0.39 is 0 Å². The van der Waals surface area contributed by atoms with Crippen molar-refractivity contribution in [3.05, 3.63) is 82.8 Å². The van der Waals surface area contributed by atoms with E-state index in [9.17, 15) is 0 Å². The van der Waals surface area contributed by atoms with E-state index in [0.29, 0.717) is 0 Å². The Morgan fingerprint density at radius 2 is 1.63 bits per heavy atom. The summed E-state index contributed by atoms with van der Waals surface area (Å²) in [4.78, 5) is 0. The van der Waals surface area contributed by atoms with Crippen LogP contribution in [0.4, 0.5) is 0 Å². The zero-order valence-electron chi connectivity index (χ0n) is 16.6. The first kappa shape index (κ1) is 20.5. The van der Waals surface area contributed by atoms with Gasteiger partial charge in [0, 0.05) is 21.5 Å². The van der Waals surface area contributed by atoms with Crippen molar-refractivity contribution in [1.82, 2.24) is 14.8 Å². The number of nitrogens with zero attached hydrogens (tertiary/aromatic N) is 3. The number of thioether (sulfide) groups is 1. The van der Waals surface area contributed by atoms with Crippen LogP contribution in [0.2, 0.25) is 0 Å². The molecule has 0 unspecified atom stereocenters. The maximum atomic E-state index is 5.39. The fraction of sp³-hybridized carbons (Fsp3) is 0.130. The van der Waals surface area contributed by atoms with Crippen LogP contribution >= 0.6 is 27.7 Å². The zero-order chi connectivity index (χ0) is 20.9. The highest BCUT2D eigenvalue weighted by atomic mass is 79.9. The van der Waals surface area contributed by atoms with Crippen LogP contribution in [-0.4, -0.2) is 29.0 Å². The molecule has 0 spiro atoms. The highest BCUT2D eigenvalue weighted by Gasteiger charge is 2.17. The normalized spacial score (nSPS) is 10.8. The van der Waals surface area contributed by atoms with Crippen molar-refractivity contribution in [3.63, 3.8) is 0 Å².